The van der Waals surface area contributed by atoms with Crippen molar-refractivity contribution in [3.63, 3.8) is 0 Å². The molecule has 34 heavy (non-hydrogen) atoms. The summed E-state index contributed by atoms with van der Waals surface area (Å²) in [7, 11) is 1.09. The number of benzene rings is 1. The molecule has 2 N–H and O–H groups in total. The van der Waals surface area contributed by atoms with Gasteiger partial charge in [-0.25, -0.2) is 23.5 Å². The fraction of sp³-hybridized carbons (Fsp3) is 0.286. The van der Waals surface area contributed by atoms with E-state index in [1.165, 1.54) is 10.9 Å². The number of nitrogens with one attached hydrogen (secondary N) is 2. The molecule has 2 amide bonds. The van der Waals surface area contributed by atoms with E-state index in [0.29, 0.717) is 36.4 Å². The monoisotopic (exact) mass is 482 g/mol. The van der Waals surface area contributed by atoms with Gasteiger partial charge >= 0.3 is 12.2 Å². The smallest absolute Gasteiger partial charge is 0.378 e. The molecule has 0 spiro atoms. The van der Waals surface area contributed by atoms with Crippen LogP contribution in [-0.4, -0.2) is 47.4 Å². The lowest BCUT2D eigenvalue weighted by Crippen LogP contribution is -2.34. The first-order chi connectivity index (χ1) is 16.1. The van der Waals surface area contributed by atoms with Crippen LogP contribution in [0.2, 0.25) is 0 Å². The van der Waals surface area contributed by atoms with Gasteiger partial charge in [0.05, 0.1) is 48.1 Å². The van der Waals surface area contributed by atoms with Gasteiger partial charge in [-0.2, -0.15) is 13.2 Å². The standard InChI is InChI=1S/C21H19F5N6O2/c1-31(17-4-2-3-13(18(17)23)21(24,25)26)20(33)30-12-7-14(22)19(28-8-12)32-9-15(29-11-32)16-10-34-6-5-27-16/h2-4,7-9,11,16,27H,5-6,10H2,1H3,(H,30,33)/t16-/m1/s1. The number of carbonyl (C=O) groups excluding carboxylic acids is 1. The second-order valence-electron chi connectivity index (χ2n) is 7.44. The quantitative estimate of drug-likeness (QED) is 0.552. The lowest BCUT2D eigenvalue weighted by Gasteiger charge is -2.21. The number of anilines is 2. The average Bonchev–Trinajstić information content (AvgIpc) is 3.28. The Morgan fingerprint density at radius 1 is 1.29 bits per heavy atom. The lowest BCUT2D eigenvalue weighted by atomic mass is 10.1. The zero-order valence-corrected chi connectivity index (χ0v) is 17.7. The SMILES string of the molecule is CN(C(=O)Nc1cnc(-n2cnc([C@H]3COCCN3)c2)c(F)c1)c1cccc(C(F)(F)F)c1F. The van der Waals surface area contributed by atoms with Crippen LogP contribution in [0.4, 0.5) is 38.1 Å². The molecule has 3 heterocycles. The van der Waals surface area contributed by atoms with E-state index in [9.17, 15) is 26.7 Å². The molecule has 0 aliphatic carbocycles. The van der Waals surface area contributed by atoms with E-state index in [0.717, 1.165) is 31.4 Å². The molecule has 1 aliphatic heterocycles. The van der Waals surface area contributed by atoms with Crippen LogP contribution in [0.25, 0.3) is 5.82 Å². The first-order valence-corrected chi connectivity index (χ1v) is 10.1. The number of carbonyl (C=O) groups is 1. The van der Waals surface area contributed by atoms with Crippen molar-refractivity contribution in [3.05, 3.63) is 65.9 Å². The molecule has 4 rings (SSSR count). The number of nitrogens with zero attached hydrogens (tertiary/aromatic N) is 4. The number of pyridine rings is 1. The summed E-state index contributed by atoms with van der Waals surface area (Å²) < 4.78 is 74.6. The topological polar surface area (TPSA) is 84.3 Å². The van der Waals surface area contributed by atoms with E-state index in [4.69, 9.17) is 4.74 Å². The molecule has 13 heteroatoms. The predicted octanol–water partition coefficient (Wildman–Crippen LogP) is 3.89. The van der Waals surface area contributed by atoms with Crippen molar-refractivity contribution in [2.45, 2.75) is 12.2 Å². The summed E-state index contributed by atoms with van der Waals surface area (Å²) in [5.74, 6) is -2.46. The molecule has 0 saturated carbocycles. The van der Waals surface area contributed by atoms with Crippen molar-refractivity contribution >= 4 is 17.4 Å². The molecule has 0 radical (unpaired) electrons. The molecule has 1 saturated heterocycles. The molecule has 0 bridgehead atoms. The van der Waals surface area contributed by atoms with Gasteiger partial charge in [0.2, 0.25) is 0 Å². The molecule has 1 atom stereocenters. The van der Waals surface area contributed by atoms with E-state index >= 15 is 0 Å². The lowest BCUT2D eigenvalue weighted by molar-refractivity contribution is -0.139. The summed E-state index contributed by atoms with van der Waals surface area (Å²) in [6, 6.07) is 2.44. The van der Waals surface area contributed by atoms with Crippen LogP contribution in [0.5, 0.6) is 0 Å². The van der Waals surface area contributed by atoms with Gasteiger partial charge in [-0.1, -0.05) is 6.07 Å². The van der Waals surface area contributed by atoms with E-state index in [-0.39, 0.29) is 17.5 Å². The molecule has 180 valence electrons. The molecule has 2 aromatic heterocycles. The van der Waals surface area contributed by atoms with Crippen LogP contribution >= 0.6 is 0 Å². The van der Waals surface area contributed by atoms with Gasteiger partial charge in [0.1, 0.15) is 6.33 Å². The number of imidazole rings is 1. The highest BCUT2D eigenvalue weighted by Gasteiger charge is 2.35. The van der Waals surface area contributed by atoms with Gasteiger partial charge in [-0.15, -0.1) is 0 Å². The normalized spacial score (nSPS) is 16.4. The molecule has 8 nitrogen and oxygen atoms in total. The first-order valence-electron chi connectivity index (χ1n) is 10.1. The number of halogens is 5. The van der Waals surface area contributed by atoms with E-state index in [2.05, 4.69) is 20.6 Å². The number of aromatic nitrogens is 3. The summed E-state index contributed by atoms with van der Waals surface area (Å²) in [6.07, 6.45) is -0.776. The zero-order valence-electron chi connectivity index (χ0n) is 17.7. The number of urea groups is 1. The van der Waals surface area contributed by atoms with Crippen LogP contribution in [0.1, 0.15) is 17.3 Å². The van der Waals surface area contributed by atoms with Crippen molar-refractivity contribution in [3.8, 4) is 5.82 Å². The summed E-state index contributed by atoms with van der Waals surface area (Å²) in [5, 5.41) is 5.52. The van der Waals surface area contributed by atoms with Crippen LogP contribution in [0.15, 0.2) is 43.0 Å². The number of morpholine rings is 1. The predicted molar refractivity (Wildman–Crippen MR) is 112 cm³/mol. The number of amides is 2. The molecule has 1 aromatic carbocycles. The second kappa shape index (κ2) is 9.35. The van der Waals surface area contributed by atoms with E-state index in [1.54, 1.807) is 6.20 Å². The average molecular weight is 482 g/mol. The minimum absolute atomic E-state index is 0.0758. The van der Waals surface area contributed by atoms with Crippen LogP contribution < -0.4 is 15.5 Å². The summed E-state index contributed by atoms with van der Waals surface area (Å²) in [6.45, 7) is 1.69. The van der Waals surface area contributed by atoms with E-state index in [1.807, 2.05) is 0 Å². The van der Waals surface area contributed by atoms with Gasteiger partial charge in [0, 0.05) is 25.9 Å². The number of hydrogen-bond acceptors (Lipinski definition) is 5. The third kappa shape index (κ3) is 4.84. The fourth-order valence-corrected chi connectivity index (χ4v) is 3.39. The highest BCUT2D eigenvalue weighted by Crippen LogP contribution is 2.35. The minimum atomic E-state index is -4.92. The van der Waals surface area contributed by atoms with Gasteiger partial charge in [0.15, 0.2) is 17.5 Å². The maximum absolute atomic E-state index is 14.7. The van der Waals surface area contributed by atoms with Crippen molar-refractivity contribution in [2.75, 3.05) is 37.0 Å². The van der Waals surface area contributed by atoms with Crippen molar-refractivity contribution < 1.29 is 31.5 Å². The maximum atomic E-state index is 14.7. The summed E-state index contributed by atoms with van der Waals surface area (Å²) in [5.41, 5.74) is -1.53. The third-order valence-corrected chi connectivity index (χ3v) is 5.15. The molecule has 0 unspecified atom stereocenters. The maximum Gasteiger partial charge on any atom is 0.419 e. The molecule has 1 fully saturated rings. The Hall–Kier alpha value is -3.58. The van der Waals surface area contributed by atoms with Crippen LogP contribution in [0.3, 0.4) is 0 Å². The van der Waals surface area contributed by atoms with Crippen LogP contribution in [0, 0.1) is 11.6 Å². The largest absolute Gasteiger partial charge is 0.419 e. The minimum Gasteiger partial charge on any atom is -0.378 e. The summed E-state index contributed by atoms with van der Waals surface area (Å²) in [4.78, 5) is 21.3. The van der Waals surface area contributed by atoms with E-state index < -0.39 is 35.1 Å². The Kier molecular flexibility index (Phi) is 6.48. The number of rotatable bonds is 4. The Morgan fingerprint density at radius 3 is 2.76 bits per heavy atom. The zero-order chi connectivity index (χ0) is 24.5. The van der Waals surface area contributed by atoms with Crippen molar-refractivity contribution in [1.82, 2.24) is 19.9 Å². The highest BCUT2D eigenvalue weighted by atomic mass is 19.4. The summed E-state index contributed by atoms with van der Waals surface area (Å²) >= 11 is 0. The van der Waals surface area contributed by atoms with Gasteiger partial charge in [-0.05, 0) is 12.1 Å². The Bertz CT molecular complexity index is 1190. The molecular formula is C21H19F5N6O2. The van der Waals surface area contributed by atoms with Gasteiger partial charge < -0.3 is 15.4 Å². The van der Waals surface area contributed by atoms with Crippen molar-refractivity contribution in [1.29, 1.82) is 0 Å². The number of ether oxygens (including phenoxy) is 1. The van der Waals surface area contributed by atoms with Crippen molar-refractivity contribution in [2.24, 2.45) is 0 Å². The number of hydrogen-bond donors (Lipinski definition) is 2. The Balaban J connectivity index is 1.49. The molecule has 1 aliphatic rings. The Labute approximate surface area is 190 Å². The van der Waals surface area contributed by atoms with Crippen LogP contribution in [-0.2, 0) is 10.9 Å². The second-order valence-corrected chi connectivity index (χ2v) is 7.44. The fourth-order valence-electron chi connectivity index (χ4n) is 3.39. The van der Waals surface area contributed by atoms with Gasteiger partial charge in [-0.3, -0.25) is 9.47 Å². The Morgan fingerprint density at radius 2 is 2.09 bits per heavy atom. The highest BCUT2D eigenvalue weighted by molar-refractivity contribution is 6.01. The number of alkyl halides is 3. The molecule has 3 aromatic rings. The van der Waals surface area contributed by atoms with Gasteiger partial charge in [0.25, 0.3) is 0 Å². The molecular weight excluding hydrogens is 463 g/mol. The third-order valence-electron chi connectivity index (χ3n) is 5.15. The first kappa shape index (κ1) is 23.6.